The van der Waals surface area contributed by atoms with Crippen LogP contribution in [0.2, 0.25) is 0 Å². The zero-order valence-corrected chi connectivity index (χ0v) is 21.3. The molecule has 6 atom stereocenters. The zero-order chi connectivity index (χ0) is 26.4. The average Bonchev–Trinajstić information content (AvgIpc) is 2.90. The van der Waals surface area contributed by atoms with Gasteiger partial charge in [-0.25, -0.2) is 4.79 Å². The number of phenolic OH excluding ortho intramolecular Hbond substituents is 1. The number of nitrogens with one attached hydrogen (secondary N) is 2. The molecule has 2 fully saturated rings. The van der Waals surface area contributed by atoms with E-state index in [1.165, 1.54) is 18.6 Å². The van der Waals surface area contributed by atoms with Gasteiger partial charge >= 0.3 is 6.09 Å². The van der Waals surface area contributed by atoms with Gasteiger partial charge in [0.05, 0.1) is 12.6 Å². The highest BCUT2D eigenvalue weighted by molar-refractivity contribution is 5.90. The standard InChI is InChI=1S/C29H38N2O6/c1-29(17-20-10-13-23(33)14-11-20,27(35)30-24(18-32)26(34)21-7-3-2-4-8-21)31-28(36)37-25-15-12-19-6-5-9-22(25)16-19/h2-4,7-8,10-11,13-14,19,22,24-26,32-34H,5-6,9,12,15-18H2,1H3,(H,30,35)(H,31,36). The van der Waals surface area contributed by atoms with Gasteiger partial charge in [-0.2, -0.15) is 0 Å². The fraction of sp³-hybridized carbons (Fsp3) is 0.517. The number of alkyl carbamates (subject to hydrolysis) is 1. The molecule has 5 N–H and O–H groups in total. The van der Waals surface area contributed by atoms with E-state index in [0.29, 0.717) is 17.0 Å². The monoisotopic (exact) mass is 510 g/mol. The molecule has 0 radical (unpaired) electrons. The Kier molecular flexibility index (Phi) is 8.71. The van der Waals surface area contributed by atoms with Crippen molar-refractivity contribution in [1.29, 1.82) is 0 Å². The molecule has 2 aliphatic carbocycles. The highest BCUT2D eigenvalue weighted by Crippen LogP contribution is 2.41. The van der Waals surface area contributed by atoms with Gasteiger partial charge in [0.1, 0.15) is 23.5 Å². The van der Waals surface area contributed by atoms with Crippen LogP contribution < -0.4 is 10.6 Å². The molecule has 2 aliphatic rings. The zero-order valence-electron chi connectivity index (χ0n) is 21.3. The van der Waals surface area contributed by atoms with Crippen LogP contribution in [0.25, 0.3) is 0 Å². The lowest BCUT2D eigenvalue weighted by atomic mass is 9.71. The molecular formula is C29H38N2O6. The molecule has 0 aromatic heterocycles. The second kappa shape index (κ2) is 12.0. The van der Waals surface area contributed by atoms with E-state index in [9.17, 15) is 24.9 Å². The van der Waals surface area contributed by atoms with E-state index in [1.54, 1.807) is 43.3 Å². The van der Waals surface area contributed by atoms with Crippen LogP contribution in [0.15, 0.2) is 54.6 Å². The van der Waals surface area contributed by atoms with Crippen LogP contribution in [-0.4, -0.2) is 51.6 Å². The van der Waals surface area contributed by atoms with Crippen molar-refractivity contribution in [2.24, 2.45) is 11.8 Å². The van der Waals surface area contributed by atoms with Gasteiger partial charge in [0.15, 0.2) is 0 Å². The summed E-state index contributed by atoms with van der Waals surface area (Å²) in [4.78, 5) is 26.7. The first-order chi connectivity index (χ1) is 17.8. The molecule has 0 saturated heterocycles. The Hall–Kier alpha value is -3.10. The smallest absolute Gasteiger partial charge is 0.408 e. The molecule has 2 bridgehead atoms. The predicted molar refractivity (Wildman–Crippen MR) is 139 cm³/mol. The van der Waals surface area contributed by atoms with Crippen molar-refractivity contribution in [3.63, 3.8) is 0 Å². The second-order valence-corrected chi connectivity index (χ2v) is 10.7. The number of carbonyl (C=O) groups is 2. The Balaban J connectivity index is 1.49. The molecule has 4 rings (SSSR count). The number of amides is 2. The average molecular weight is 511 g/mol. The molecule has 6 unspecified atom stereocenters. The van der Waals surface area contributed by atoms with Gasteiger partial charge < -0.3 is 30.7 Å². The lowest BCUT2D eigenvalue weighted by molar-refractivity contribution is -0.129. The summed E-state index contributed by atoms with van der Waals surface area (Å²) in [5.41, 5.74) is -0.174. The van der Waals surface area contributed by atoms with Crippen LogP contribution in [0.4, 0.5) is 4.79 Å². The van der Waals surface area contributed by atoms with Crippen molar-refractivity contribution in [2.45, 2.75) is 75.7 Å². The first-order valence-corrected chi connectivity index (χ1v) is 13.2. The molecular weight excluding hydrogens is 472 g/mol. The number of hydrogen-bond acceptors (Lipinski definition) is 6. The van der Waals surface area contributed by atoms with Gasteiger partial charge in [-0.3, -0.25) is 4.79 Å². The van der Waals surface area contributed by atoms with Crippen LogP contribution in [0.5, 0.6) is 5.75 Å². The number of aromatic hydroxyl groups is 1. The van der Waals surface area contributed by atoms with Crippen LogP contribution in [-0.2, 0) is 16.0 Å². The summed E-state index contributed by atoms with van der Waals surface area (Å²) in [5.74, 6) is 0.610. The normalized spacial score (nSPS) is 24.2. The first kappa shape index (κ1) is 26.9. The van der Waals surface area contributed by atoms with Gasteiger partial charge in [-0.1, -0.05) is 55.3 Å². The molecule has 0 heterocycles. The van der Waals surface area contributed by atoms with Crippen molar-refractivity contribution in [3.05, 3.63) is 65.7 Å². The molecule has 2 aromatic carbocycles. The molecule has 200 valence electrons. The third-order valence-corrected chi connectivity index (χ3v) is 7.88. The van der Waals surface area contributed by atoms with Gasteiger partial charge in [-0.15, -0.1) is 0 Å². The molecule has 0 aliphatic heterocycles. The van der Waals surface area contributed by atoms with Crippen molar-refractivity contribution >= 4 is 12.0 Å². The van der Waals surface area contributed by atoms with Crippen molar-refractivity contribution in [3.8, 4) is 5.75 Å². The minimum Gasteiger partial charge on any atom is -0.508 e. The highest BCUT2D eigenvalue weighted by atomic mass is 16.6. The third kappa shape index (κ3) is 6.81. The maximum atomic E-state index is 13.6. The number of ether oxygens (including phenoxy) is 1. The summed E-state index contributed by atoms with van der Waals surface area (Å²) in [5, 5.41) is 35.9. The van der Waals surface area contributed by atoms with Gasteiger partial charge in [0.2, 0.25) is 5.91 Å². The molecule has 8 heteroatoms. The van der Waals surface area contributed by atoms with Crippen molar-refractivity contribution in [1.82, 2.24) is 10.6 Å². The van der Waals surface area contributed by atoms with Crippen molar-refractivity contribution in [2.75, 3.05) is 6.61 Å². The second-order valence-electron chi connectivity index (χ2n) is 10.7. The summed E-state index contributed by atoms with van der Waals surface area (Å²) in [7, 11) is 0. The van der Waals surface area contributed by atoms with Crippen LogP contribution in [0, 0.1) is 11.8 Å². The van der Waals surface area contributed by atoms with Crippen molar-refractivity contribution < 1.29 is 29.6 Å². The molecule has 2 saturated carbocycles. The maximum absolute atomic E-state index is 13.6. The quantitative estimate of drug-likeness (QED) is 0.351. The number of hydrogen-bond donors (Lipinski definition) is 5. The number of rotatable bonds is 9. The SMILES string of the molecule is CC(Cc1ccc(O)cc1)(NC(=O)OC1CCC2CCCC1C2)C(=O)NC(CO)C(O)c1ccccc1. The number of aliphatic hydroxyl groups excluding tert-OH is 2. The molecule has 0 spiro atoms. The van der Waals surface area contributed by atoms with Crippen LogP contribution >= 0.6 is 0 Å². The number of carbonyl (C=O) groups excluding carboxylic acids is 2. The molecule has 8 nitrogen and oxygen atoms in total. The van der Waals surface area contributed by atoms with E-state index in [0.717, 1.165) is 38.0 Å². The Morgan fingerprint density at radius 3 is 2.49 bits per heavy atom. The fourth-order valence-corrected chi connectivity index (χ4v) is 5.75. The van der Waals surface area contributed by atoms with E-state index in [4.69, 9.17) is 4.74 Å². The van der Waals surface area contributed by atoms with E-state index >= 15 is 0 Å². The summed E-state index contributed by atoms with van der Waals surface area (Å²) in [6.07, 6.45) is 4.58. The number of phenols is 1. The Bertz CT molecular complexity index is 1050. The Morgan fingerprint density at radius 2 is 1.78 bits per heavy atom. The van der Waals surface area contributed by atoms with Gasteiger partial charge in [-0.05, 0) is 67.7 Å². The first-order valence-electron chi connectivity index (χ1n) is 13.2. The Labute approximate surface area is 218 Å². The third-order valence-electron chi connectivity index (χ3n) is 7.88. The minimum atomic E-state index is -1.44. The topological polar surface area (TPSA) is 128 Å². The highest BCUT2D eigenvalue weighted by Gasteiger charge is 2.40. The van der Waals surface area contributed by atoms with E-state index < -0.39 is 36.3 Å². The fourth-order valence-electron chi connectivity index (χ4n) is 5.75. The van der Waals surface area contributed by atoms with Gasteiger partial charge in [0, 0.05) is 6.42 Å². The summed E-state index contributed by atoms with van der Waals surface area (Å²) >= 11 is 0. The number of benzene rings is 2. The molecule has 37 heavy (non-hydrogen) atoms. The van der Waals surface area contributed by atoms with Gasteiger partial charge in [0.25, 0.3) is 0 Å². The number of fused-ring (bicyclic) bond motifs is 2. The van der Waals surface area contributed by atoms with E-state index in [2.05, 4.69) is 10.6 Å². The molecule has 2 aromatic rings. The maximum Gasteiger partial charge on any atom is 0.408 e. The van der Waals surface area contributed by atoms with Crippen LogP contribution in [0.1, 0.15) is 62.7 Å². The predicted octanol–water partition coefficient (Wildman–Crippen LogP) is 3.60. The summed E-state index contributed by atoms with van der Waals surface area (Å²) < 4.78 is 5.86. The lowest BCUT2D eigenvalue weighted by Crippen LogP contribution is -2.61. The van der Waals surface area contributed by atoms with E-state index in [1.807, 2.05) is 6.07 Å². The number of aliphatic hydroxyl groups is 2. The lowest BCUT2D eigenvalue weighted by Gasteiger charge is -2.40. The minimum absolute atomic E-state index is 0.0942. The Morgan fingerprint density at radius 1 is 1.05 bits per heavy atom. The van der Waals surface area contributed by atoms with E-state index in [-0.39, 0.29) is 18.3 Å². The molecule has 2 amide bonds. The van der Waals surface area contributed by atoms with Crippen LogP contribution in [0.3, 0.4) is 0 Å². The largest absolute Gasteiger partial charge is 0.508 e. The summed E-state index contributed by atoms with van der Waals surface area (Å²) in [6.45, 7) is 1.10. The summed E-state index contributed by atoms with van der Waals surface area (Å²) in [6, 6.07) is 14.2.